The summed E-state index contributed by atoms with van der Waals surface area (Å²) in [4.78, 5) is 26.8. The molecule has 0 heterocycles. The first kappa shape index (κ1) is 21.8. The number of amides is 2. The molecule has 0 aliphatic carbocycles. The summed E-state index contributed by atoms with van der Waals surface area (Å²) in [5.41, 5.74) is 2.90. The van der Waals surface area contributed by atoms with Gasteiger partial charge in [-0.05, 0) is 62.6 Å². The normalized spacial score (nSPS) is 11.6. The number of carbonyl (C=O) groups excluding carboxylic acids is 2. The Kier molecular flexibility index (Phi) is 7.88. The van der Waals surface area contributed by atoms with Crippen molar-refractivity contribution >= 4 is 23.4 Å². The van der Waals surface area contributed by atoms with Crippen LogP contribution in [0.5, 0.6) is 5.75 Å². The van der Waals surface area contributed by atoms with Crippen LogP contribution in [0.4, 0.5) is 0 Å². The molecule has 150 valence electrons. The largest absolute Gasteiger partial charge is 0.484 e. The summed E-state index contributed by atoms with van der Waals surface area (Å²) in [6.07, 6.45) is 0. The highest BCUT2D eigenvalue weighted by Crippen LogP contribution is 2.20. The quantitative estimate of drug-likeness (QED) is 0.728. The van der Waals surface area contributed by atoms with Crippen LogP contribution in [0.15, 0.2) is 42.5 Å². The third-order valence-corrected chi connectivity index (χ3v) is 4.74. The maximum atomic E-state index is 12.9. The molecule has 2 aromatic carbocycles. The van der Waals surface area contributed by atoms with Gasteiger partial charge in [-0.1, -0.05) is 35.9 Å². The van der Waals surface area contributed by atoms with Crippen LogP contribution < -0.4 is 10.1 Å². The zero-order valence-corrected chi connectivity index (χ0v) is 17.5. The minimum atomic E-state index is -0.647. The van der Waals surface area contributed by atoms with E-state index in [4.69, 9.17) is 16.3 Å². The van der Waals surface area contributed by atoms with Crippen molar-refractivity contribution in [1.82, 2.24) is 10.2 Å². The van der Waals surface area contributed by atoms with Gasteiger partial charge in [-0.25, -0.2) is 0 Å². The van der Waals surface area contributed by atoms with Gasteiger partial charge in [0.15, 0.2) is 6.61 Å². The lowest BCUT2D eigenvalue weighted by molar-refractivity contribution is -0.142. The second-order valence-corrected chi connectivity index (χ2v) is 7.20. The van der Waals surface area contributed by atoms with E-state index in [0.717, 1.165) is 16.7 Å². The van der Waals surface area contributed by atoms with Gasteiger partial charge in [0.05, 0.1) is 0 Å². The zero-order valence-electron chi connectivity index (χ0n) is 16.8. The highest BCUT2D eigenvalue weighted by molar-refractivity contribution is 6.31. The van der Waals surface area contributed by atoms with E-state index in [1.807, 2.05) is 57.2 Å². The Morgan fingerprint density at radius 3 is 2.39 bits per heavy atom. The molecule has 2 aromatic rings. The second-order valence-electron chi connectivity index (χ2n) is 6.80. The molecule has 28 heavy (non-hydrogen) atoms. The minimum absolute atomic E-state index is 0.156. The van der Waals surface area contributed by atoms with Gasteiger partial charge in [0.2, 0.25) is 5.91 Å². The molecule has 0 fully saturated rings. The molecule has 0 bridgehead atoms. The molecule has 0 saturated carbocycles. The van der Waals surface area contributed by atoms with Crippen molar-refractivity contribution in [2.24, 2.45) is 0 Å². The van der Waals surface area contributed by atoms with Crippen LogP contribution in [0, 0.1) is 13.8 Å². The monoisotopic (exact) mass is 402 g/mol. The van der Waals surface area contributed by atoms with Crippen LogP contribution in [0.3, 0.4) is 0 Å². The lowest BCUT2D eigenvalue weighted by atomic mass is 10.1. The average molecular weight is 403 g/mol. The number of nitrogens with one attached hydrogen (secondary N) is 1. The number of nitrogens with zero attached hydrogens (tertiary/aromatic N) is 1. The molecule has 0 aliphatic heterocycles. The van der Waals surface area contributed by atoms with E-state index < -0.39 is 6.04 Å². The fourth-order valence-electron chi connectivity index (χ4n) is 2.96. The molecule has 2 rings (SSSR count). The van der Waals surface area contributed by atoms with Crippen LogP contribution in [0.1, 0.15) is 30.5 Å². The van der Waals surface area contributed by atoms with Crippen molar-refractivity contribution < 1.29 is 14.3 Å². The molecule has 6 heteroatoms. The highest BCUT2D eigenvalue weighted by atomic mass is 35.5. The predicted octanol–water partition coefficient (Wildman–Crippen LogP) is 3.89. The Bertz CT molecular complexity index is 818. The summed E-state index contributed by atoms with van der Waals surface area (Å²) >= 11 is 6.26. The Balaban J connectivity index is 2.17. The van der Waals surface area contributed by atoms with Gasteiger partial charge >= 0.3 is 0 Å². The van der Waals surface area contributed by atoms with Gasteiger partial charge < -0.3 is 15.0 Å². The van der Waals surface area contributed by atoms with Crippen molar-refractivity contribution in [3.05, 3.63) is 64.2 Å². The van der Waals surface area contributed by atoms with E-state index in [1.165, 1.54) is 4.90 Å². The van der Waals surface area contributed by atoms with Crippen molar-refractivity contribution in [2.75, 3.05) is 13.2 Å². The molecule has 1 N–H and O–H groups in total. The maximum Gasteiger partial charge on any atom is 0.261 e. The van der Waals surface area contributed by atoms with Gasteiger partial charge in [-0.2, -0.15) is 0 Å². The van der Waals surface area contributed by atoms with E-state index in [0.29, 0.717) is 17.3 Å². The zero-order chi connectivity index (χ0) is 20.7. The number of likely N-dealkylation sites (N-methyl/N-ethyl adjacent to an activating group) is 1. The molecule has 2 amide bonds. The van der Waals surface area contributed by atoms with Crippen molar-refractivity contribution in [3.63, 3.8) is 0 Å². The van der Waals surface area contributed by atoms with E-state index in [9.17, 15) is 9.59 Å². The first-order valence-electron chi connectivity index (χ1n) is 9.33. The standard InChI is InChI=1S/C22H27ClN2O3/c1-5-24-22(27)17(4)25(13-18-8-6-7-9-20(18)23)21(26)14-28-19-11-15(2)10-16(3)12-19/h6-12,17H,5,13-14H2,1-4H3,(H,24,27)/t17-/m0/s1. The highest BCUT2D eigenvalue weighted by Gasteiger charge is 2.26. The average Bonchev–Trinajstić information content (AvgIpc) is 2.64. The number of hydrogen-bond acceptors (Lipinski definition) is 3. The molecule has 0 saturated heterocycles. The van der Waals surface area contributed by atoms with Crippen LogP contribution in [0.25, 0.3) is 0 Å². The van der Waals surface area contributed by atoms with Crippen molar-refractivity contribution in [1.29, 1.82) is 0 Å². The summed E-state index contributed by atoms with van der Waals surface area (Å²) in [6, 6.07) is 12.4. The minimum Gasteiger partial charge on any atom is -0.484 e. The molecule has 0 aromatic heterocycles. The number of carbonyl (C=O) groups is 2. The maximum absolute atomic E-state index is 12.9. The van der Waals surface area contributed by atoms with Crippen LogP contribution in [-0.4, -0.2) is 35.9 Å². The van der Waals surface area contributed by atoms with E-state index in [-0.39, 0.29) is 25.0 Å². The number of rotatable bonds is 8. The van der Waals surface area contributed by atoms with E-state index >= 15 is 0 Å². The second kappa shape index (κ2) is 10.1. The first-order valence-corrected chi connectivity index (χ1v) is 9.71. The number of aryl methyl sites for hydroxylation is 2. The summed E-state index contributed by atoms with van der Waals surface area (Å²) in [5.74, 6) is 0.140. The van der Waals surface area contributed by atoms with Crippen molar-refractivity contribution in [2.45, 2.75) is 40.3 Å². The van der Waals surface area contributed by atoms with Crippen LogP contribution in [0.2, 0.25) is 5.02 Å². The Labute approximate surface area is 171 Å². The molecule has 0 spiro atoms. The number of hydrogen-bond donors (Lipinski definition) is 1. The smallest absolute Gasteiger partial charge is 0.261 e. The molecule has 0 unspecified atom stereocenters. The Morgan fingerprint density at radius 2 is 1.79 bits per heavy atom. The first-order chi connectivity index (χ1) is 13.3. The summed E-state index contributed by atoms with van der Waals surface area (Å²) in [7, 11) is 0. The molecule has 0 radical (unpaired) electrons. The lowest BCUT2D eigenvalue weighted by Gasteiger charge is -2.29. The number of benzene rings is 2. The van der Waals surface area contributed by atoms with E-state index in [2.05, 4.69) is 5.32 Å². The summed E-state index contributed by atoms with van der Waals surface area (Å²) in [6.45, 7) is 8.07. The molecular weight excluding hydrogens is 376 g/mol. The molecule has 1 atom stereocenters. The number of halogens is 1. The predicted molar refractivity (Wildman–Crippen MR) is 112 cm³/mol. The number of ether oxygens (including phenoxy) is 1. The third kappa shape index (κ3) is 5.99. The van der Waals surface area contributed by atoms with Gasteiger partial charge in [-0.3, -0.25) is 9.59 Å². The lowest BCUT2D eigenvalue weighted by Crippen LogP contribution is -2.49. The SMILES string of the molecule is CCNC(=O)[C@H](C)N(Cc1ccccc1Cl)C(=O)COc1cc(C)cc(C)c1. The Morgan fingerprint density at radius 1 is 1.14 bits per heavy atom. The van der Waals surface area contributed by atoms with Gasteiger partial charge in [0.1, 0.15) is 11.8 Å². The summed E-state index contributed by atoms with van der Waals surface area (Å²) < 4.78 is 5.71. The van der Waals surface area contributed by atoms with Gasteiger partial charge in [-0.15, -0.1) is 0 Å². The molecular formula is C22H27ClN2O3. The third-order valence-electron chi connectivity index (χ3n) is 4.37. The van der Waals surface area contributed by atoms with E-state index in [1.54, 1.807) is 13.0 Å². The molecule has 0 aliphatic rings. The fraction of sp³-hybridized carbons (Fsp3) is 0.364. The van der Waals surface area contributed by atoms with Gasteiger partial charge in [0.25, 0.3) is 5.91 Å². The summed E-state index contributed by atoms with van der Waals surface area (Å²) in [5, 5.41) is 3.32. The van der Waals surface area contributed by atoms with Crippen molar-refractivity contribution in [3.8, 4) is 5.75 Å². The van der Waals surface area contributed by atoms with Gasteiger partial charge in [0, 0.05) is 18.1 Å². The van der Waals surface area contributed by atoms with Crippen LogP contribution >= 0.6 is 11.6 Å². The van der Waals surface area contributed by atoms with Crippen LogP contribution in [-0.2, 0) is 16.1 Å². The topological polar surface area (TPSA) is 58.6 Å². The fourth-order valence-corrected chi connectivity index (χ4v) is 3.15. The molecule has 5 nitrogen and oxygen atoms in total. The Hall–Kier alpha value is -2.53.